The zero-order valence-corrected chi connectivity index (χ0v) is 7.33. The minimum absolute atomic E-state index is 0.117. The van der Waals surface area contributed by atoms with Crippen LogP contribution in [0.25, 0.3) is 0 Å². The molecule has 4 nitrogen and oxygen atoms in total. The highest BCUT2D eigenvalue weighted by molar-refractivity contribution is 5.85. The van der Waals surface area contributed by atoms with Gasteiger partial charge in [0.2, 0.25) is 0 Å². The molecule has 0 bridgehead atoms. The van der Waals surface area contributed by atoms with E-state index >= 15 is 0 Å². The van der Waals surface area contributed by atoms with E-state index in [9.17, 15) is 9.18 Å². The van der Waals surface area contributed by atoms with E-state index in [0.717, 1.165) is 0 Å². The second kappa shape index (κ2) is 4.02. The number of rotatable bonds is 4. The molecule has 1 N–H and O–H groups in total. The Bertz CT molecular complexity index is 309. The van der Waals surface area contributed by atoms with E-state index in [0.29, 0.717) is 18.8 Å². The van der Waals surface area contributed by atoms with Crippen molar-refractivity contribution < 1.29 is 14.3 Å². The fourth-order valence-corrected chi connectivity index (χ4v) is 1.14. The van der Waals surface area contributed by atoms with Crippen molar-refractivity contribution in [2.24, 2.45) is 0 Å². The number of halogens is 1. The highest BCUT2D eigenvalue weighted by Crippen LogP contribution is 2.05. The highest BCUT2D eigenvalue weighted by Gasteiger charge is 2.12. The Morgan fingerprint density at radius 2 is 2.46 bits per heavy atom. The maximum absolute atomic E-state index is 11.9. The maximum Gasteiger partial charge on any atom is 0.354 e. The van der Waals surface area contributed by atoms with Crippen molar-refractivity contribution in [3.63, 3.8) is 0 Å². The minimum Gasteiger partial charge on any atom is -0.477 e. The maximum atomic E-state index is 11.9. The number of nitrogens with zero attached hydrogens (tertiary/aromatic N) is 2. The first-order valence-electron chi connectivity index (χ1n) is 3.98. The van der Waals surface area contributed by atoms with Crippen LogP contribution in [0.4, 0.5) is 4.39 Å². The van der Waals surface area contributed by atoms with Crippen LogP contribution in [0.3, 0.4) is 0 Å². The van der Waals surface area contributed by atoms with Gasteiger partial charge in [-0.15, -0.1) is 0 Å². The third kappa shape index (κ3) is 2.05. The van der Waals surface area contributed by atoms with E-state index in [1.54, 1.807) is 6.92 Å². The molecule has 0 radical (unpaired) electrons. The average Bonchev–Trinajstić information content (AvgIpc) is 2.43. The lowest BCUT2D eigenvalue weighted by Crippen LogP contribution is -2.10. The van der Waals surface area contributed by atoms with Gasteiger partial charge in [-0.1, -0.05) is 0 Å². The largest absolute Gasteiger partial charge is 0.477 e. The van der Waals surface area contributed by atoms with Gasteiger partial charge < -0.3 is 9.67 Å². The van der Waals surface area contributed by atoms with Crippen LogP contribution in [0.5, 0.6) is 0 Å². The first kappa shape index (κ1) is 9.70. The first-order valence-corrected chi connectivity index (χ1v) is 3.98. The number of aryl methyl sites for hydroxylation is 1. The van der Waals surface area contributed by atoms with Crippen molar-refractivity contribution in [3.05, 3.63) is 17.7 Å². The van der Waals surface area contributed by atoms with Gasteiger partial charge in [-0.05, 0) is 13.3 Å². The number of carboxylic acid groups (broad SMARTS) is 1. The number of carbonyl (C=O) groups is 1. The lowest BCUT2D eigenvalue weighted by molar-refractivity contribution is 0.0684. The molecule has 0 aliphatic rings. The molecular weight excluding hydrogens is 175 g/mol. The molecule has 0 aliphatic heterocycles. The summed E-state index contributed by atoms with van der Waals surface area (Å²) < 4.78 is 13.4. The Morgan fingerprint density at radius 1 is 1.77 bits per heavy atom. The molecule has 0 saturated carbocycles. The third-order valence-electron chi connectivity index (χ3n) is 1.79. The SMILES string of the molecule is Cc1ncc(C(=O)O)n1CCCF. The van der Waals surface area contributed by atoms with Crippen molar-refractivity contribution in [2.45, 2.75) is 19.9 Å². The summed E-state index contributed by atoms with van der Waals surface area (Å²) in [4.78, 5) is 14.5. The van der Waals surface area contributed by atoms with E-state index in [1.807, 2.05) is 0 Å². The van der Waals surface area contributed by atoms with Crippen LogP contribution in [0, 0.1) is 6.92 Å². The first-order chi connectivity index (χ1) is 6.16. The Morgan fingerprint density at radius 3 is 3.00 bits per heavy atom. The number of imidazole rings is 1. The van der Waals surface area contributed by atoms with E-state index in [4.69, 9.17) is 5.11 Å². The van der Waals surface area contributed by atoms with Gasteiger partial charge in [0.25, 0.3) is 0 Å². The van der Waals surface area contributed by atoms with Crippen LogP contribution < -0.4 is 0 Å². The quantitative estimate of drug-likeness (QED) is 0.769. The number of hydrogen-bond acceptors (Lipinski definition) is 2. The van der Waals surface area contributed by atoms with Crippen molar-refractivity contribution in [1.82, 2.24) is 9.55 Å². The van der Waals surface area contributed by atoms with Gasteiger partial charge in [-0.25, -0.2) is 9.78 Å². The summed E-state index contributed by atoms with van der Waals surface area (Å²) in [6.45, 7) is 1.62. The van der Waals surface area contributed by atoms with Crippen molar-refractivity contribution in [3.8, 4) is 0 Å². The van der Waals surface area contributed by atoms with E-state index < -0.39 is 12.6 Å². The molecule has 1 rings (SSSR count). The standard InChI is InChI=1S/C8H11FN2O2/c1-6-10-5-7(8(12)13)11(6)4-2-3-9/h5H,2-4H2,1H3,(H,12,13). The van der Waals surface area contributed by atoms with Gasteiger partial charge >= 0.3 is 5.97 Å². The summed E-state index contributed by atoms with van der Waals surface area (Å²) in [5, 5.41) is 8.72. The predicted octanol–water partition coefficient (Wildman–Crippen LogP) is 1.25. The van der Waals surface area contributed by atoms with Gasteiger partial charge in [0.05, 0.1) is 12.9 Å². The van der Waals surface area contributed by atoms with Crippen LogP contribution in [-0.2, 0) is 6.54 Å². The van der Waals surface area contributed by atoms with Gasteiger partial charge in [0.1, 0.15) is 11.5 Å². The van der Waals surface area contributed by atoms with Crippen LogP contribution in [0.2, 0.25) is 0 Å². The zero-order chi connectivity index (χ0) is 9.84. The van der Waals surface area contributed by atoms with Gasteiger partial charge in [0, 0.05) is 6.54 Å². The van der Waals surface area contributed by atoms with E-state index in [-0.39, 0.29) is 5.69 Å². The molecule has 0 aliphatic carbocycles. The Balaban J connectivity index is 2.88. The topological polar surface area (TPSA) is 55.1 Å². The van der Waals surface area contributed by atoms with Crippen LogP contribution >= 0.6 is 0 Å². The molecule has 1 aromatic rings. The van der Waals surface area contributed by atoms with Crippen LogP contribution in [0.1, 0.15) is 22.7 Å². The summed E-state index contributed by atoms with van der Waals surface area (Å²) in [6.07, 6.45) is 1.60. The smallest absolute Gasteiger partial charge is 0.354 e. The normalized spacial score (nSPS) is 10.3. The van der Waals surface area contributed by atoms with Crippen LogP contribution in [-0.4, -0.2) is 27.3 Å². The Kier molecular flexibility index (Phi) is 3.00. The van der Waals surface area contributed by atoms with Gasteiger partial charge in [0.15, 0.2) is 0 Å². The van der Waals surface area contributed by atoms with Crippen LogP contribution in [0.15, 0.2) is 6.20 Å². The molecule has 72 valence electrons. The lowest BCUT2D eigenvalue weighted by atomic mass is 10.4. The number of aromatic carboxylic acids is 1. The summed E-state index contributed by atoms with van der Waals surface area (Å²) in [5.41, 5.74) is 0.117. The Hall–Kier alpha value is -1.39. The lowest BCUT2D eigenvalue weighted by Gasteiger charge is -2.05. The van der Waals surface area contributed by atoms with Crippen molar-refractivity contribution in [2.75, 3.05) is 6.67 Å². The van der Waals surface area contributed by atoms with Gasteiger partial charge in [-0.3, -0.25) is 4.39 Å². The zero-order valence-electron chi connectivity index (χ0n) is 7.33. The molecule has 13 heavy (non-hydrogen) atoms. The summed E-state index contributed by atoms with van der Waals surface area (Å²) in [6, 6.07) is 0. The predicted molar refractivity (Wildman–Crippen MR) is 44.5 cm³/mol. The molecule has 0 fully saturated rings. The highest BCUT2D eigenvalue weighted by atomic mass is 19.1. The monoisotopic (exact) mass is 186 g/mol. The fourth-order valence-electron chi connectivity index (χ4n) is 1.14. The fraction of sp³-hybridized carbons (Fsp3) is 0.500. The molecule has 5 heteroatoms. The van der Waals surface area contributed by atoms with Gasteiger partial charge in [-0.2, -0.15) is 0 Å². The second-order valence-electron chi connectivity index (χ2n) is 2.69. The molecule has 0 saturated heterocycles. The molecule has 0 unspecified atom stereocenters. The molecule has 1 heterocycles. The Labute approximate surface area is 75.0 Å². The molecule has 0 atom stereocenters. The summed E-state index contributed by atoms with van der Waals surface area (Å²) >= 11 is 0. The average molecular weight is 186 g/mol. The number of aromatic nitrogens is 2. The molecule has 1 aromatic heterocycles. The summed E-state index contributed by atoms with van der Waals surface area (Å²) in [7, 11) is 0. The van der Waals surface area contributed by atoms with Crippen molar-refractivity contribution >= 4 is 5.97 Å². The number of alkyl halides is 1. The third-order valence-corrected chi connectivity index (χ3v) is 1.79. The summed E-state index contributed by atoms with van der Waals surface area (Å²) in [5.74, 6) is -0.426. The minimum atomic E-state index is -1.03. The molecular formula is C8H11FN2O2. The number of carboxylic acids is 1. The second-order valence-corrected chi connectivity index (χ2v) is 2.69. The van der Waals surface area contributed by atoms with Crippen molar-refractivity contribution in [1.29, 1.82) is 0 Å². The number of hydrogen-bond donors (Lipinski definition) is 1. The van der Waals surface area contributed by atoms with E-state index in [2.05, 4.69) is 4.98 Å². The van der Waals surface area contributed by atoms with E-state index in [1.165, 1.54) is 10.8 Å². The molecule has 0 spiro atoms. The molecule has 0 amide bonds. The molecule has 0 aromatic carbocycles.